The summed E-state index contributed by atoms with van der Waals surface area (Å²) >= 11 is 0. The number of benzene rings is 2. The zero-order valence-corrected chi connectivity index (χ0v) is 28.0. The van der Waals surface area contributed by atoms with E-state index in [0.29, 0.717) is 0 Å². The molecule has 3 aliphatic rings. The number of carboxylic acid groups (broad SMARTS) is 1. The third kappa shape index (κ3) is 14.8. The van der Waals surface area contributed by atoms with Crippen molar-refractivity contribution in [3.63, 3.8) is 0 Å². The number of pyridine rings is 1. The van der Waals surface area contributed by atoms with Gasteiger partial charge in [-0.3, -0.25) is 9.78 Å². The number of carboxylic acids is 1. The molecule has 3 fully saturated rings. The predicted octanol–water partition coefficient (Wildman–Crippen LogP) is 10.5. The van der Waals surface area contributed by atoms with Gasteiger partial charge < -0.3 is 10.0 Å². The van der Waals surface area contributed by atoms with Gasteiger partial charge in [0, 0.05) is 24.5 Å². The Morgan fingerprint density at radius 1 is 0.818 bits per heavy atom. The molecule has 2 aliphatic carbocycles. The molecule has 1 N–H and O–H groups in total. The highest BCUT2D eigenvalue weighted by Crippen LogP contribution is 2.32. The van der Waals surface area contributed by atoms with Gasteiger partial charge in [-0.2, -0.15) is 0 Å². The van der Waals surface area contributed by atoms with Crippen molar-refractivity contribution in [3.8, 4) is 0 Å². The second-order valence-electron chi connectivity index (χ2n) is 13.6. The SMILES string of the molecule is CC1CCC(CN2CCC(CCCc3cnc4ccccc4c3)CC2)C1.CC1CCCCC1.CCC(=O)O.c1ccccc1. The largest absolute Gasteiger partial charge is 0.481 e. The first kappa shape index (κ1) is 35.8. The topological polar surface area (TPSA) is 53.4 Å². The number of para-hydroxylation sites is 1. The van der Waals surface area contributed by atoms with Crippen LogP contribution in [0, 0.1) is 23.7 Å². The van der Waals surface area contributed by atoms with Gasteiger partial charge in [0.1, 0.15) is 0 Å². The summed E-state index contributed by atoms with van der Waals surface area (Å²) in [6.45, 7) is 10.4. The van der Waals surface area contributed by atoms with Crippen LogP contribution in [-0.2, 0) is 11.2 Å². The number of aliphatic carboxylic acids is 1. The second kappa shape index (κ2) is 21.1. The van der Waals surface area contributed by atoms with Crippen molar-refractivity contribution in [3.05, 3.63) is 78.5 Å². The van der Waals surface area contributed by atoms with Gasteiger partial charge >= 0.3 is 5.97 Å². The molecule has 1 saturated heterocycles. The van der Waals surface area contributed by atoms with Crippen molar-refractivity contribution in [1.82, 2.24) is 9.88 Å². The van der Waals surface area contributed by atoms with Crippen LogP contribution in [0.25, 0.3) is 10.9 Å². The van der Waals surface area contributed by atoms with Crippen LogP contribution in [0.2, 0.25) is 0 Å². The van der Waals surface area contributed by atoms with Crippen molar-refractivity contribution in [1.29, 1.82) is 0 Å². The summed E-state index contributed by atoms with van der Waals surface area (Å²) in [7, 11) is 0. The Morgan fingerprint density at radius 3 is 2.00 bits per heavy atom. The van der Waals surface area contributed by atoms with E-state index in [0.717, 1.165) is 29.2 Å². The highest BCUT2D eigenvalue weighted by Gasteiger charge is 2.25. The van der Waals surface area contributed by atoms with E-state index in [9.17, 15) is 4.79 Å². The summed E-state index contributed by atoms with van der Waals surface area (Å²) in [6.07, 6.45) is 20.9. The van der Waals surface area contributed by atoms with Crippen LogP contribution >= 0.6 is 0 Å². The fourth-order valence-electron chi connectivity index (χ4n) is 6.85. The Kier molecular flexibility index (Phi) is 17.1. The first-order chi connectivity index (χ1) is 21.4. The van der Waals surface area contributed by atoms with Gasteiger partial charge in [-0.1, -0.05) is 120 Å². The predicted molar refractivity (Wildman–Crippen MR) is 187 cm³/mol. The molecule has 0 bridgehead atoms. The van der Waals surface area contributed by atoms with E-state index in [1.165, 1.54) is 114 Å². The van der Waals surface area contributed by atoms with Crippen LogP contribution in [-0.4, -0.2) is 40.6 Å². The quantitative estimate of drug-likeness (QED) is 0.293. The molecule has 4 heteroatoms. The van der Waals surface area contributed by atoms with Gasteiger partial charge in [-0.15, -0.1) is 0 Å². The lowest BCUT2D eigenvalue weighted by molar-refractivity contribution is -0.136. The Balaban J connectivity index is 0.000000237. The zero-order chi connectivity index (χ0) is 31.4. The van der Waals surface area contributed by atoms with Crippen LogP contribution in [0.3, 0.4) is 0 Å². The molecular weight excluding hydrogens is 540 g/mol. The van der Waals surface area contributed by atoms with E-state index < -0.39 is 5.97 Å². The highest BCUT2D eigenvalue weighted by atomic mass is 16.4. The van der Waals surface area contributed by atoms with E-state index in [1.54, 1.807) is 6.92 Å². The molecule has 6 rings (SSSR count). The summed E-state index contributed by atoms with van der Waals surface area (Å²) < 4.78 is 0. The molecule has 242 valence electrons. The number of fused-ring (bicyclic) bond motifs is 1. The Bertz CT molecular complexity index is 1130. The van der Waals surface area contributed by atoms with E-state index in [4.69, 9.17) is 5.11 Å². The maximum atomic E-state index is 9.37. The minimum absolute atomic E-state index is 0.222. The van der Waals surface area contributed by atoms with Crippen LogP contribution in [0.15, 0.2) is 72.9 Å². The van der Waals surface area contributed by atoms with Crippen molar-refractivity contribution in [2.45, 2.75) is 111 Å². The average Bonchev–Trinajstić information content (AvgIpc) is 3.48. The molecule has 0 radical (unpaired) electrons. The van der Waals surface area contributed by atoms with Gasteiger partial charge in [0.25, 0.3) is 0 Å². The van der Waals surface area contributed by atoms with E-state index >= 15 is 0 Å². The standard InChI is InChI=1S/C24H34N2.C7H14.C6H6.C3H6O2/c1-19-9-10-22(15-19)18-26-13-11-20(12-14-26)5-4-6-21-16-23-7-2-3-8-24(23)25-17-21;1-7-5-3-2-4-6-7;1-2-4-6-5-3-1;1-2-3(4)5/h2-3,7-8,16-17,19-20,22H,4-6,9-15,18H2,1H3;7H,2-6H2,1H3;1-6H;2H2,1H3,(H,4,5). The molecule has 2 unspecified atom stereocenters. The number of aryl methyl sites for hydroxylation is 1. The van der Waals surface area contributed by atoms with Crippen LogP contribution in [0.1, 0.15) is 110 Å². The molecule has 0 amide bonds. The first-order valence-corrected chi connectivity index (χ1v) is 17.7. The summed E-state index contributed by atoms with van der Waals surface area (Å²) in [5, 5.41) is 9.00. The maximum absolute atomic E-state index is 9.37. The zero-order valence-electron chi connectivity index (χ0n) is 28.0. The van der Waals surface area contributed by atoms with Crippen molar-refractivity contribution < 1.29 is 9.90 Å². The third-order valence-corrected chi connectivity index (χ3v) is 9.61. The maximum Gasteiger partial charge on any atom is 0.303 e. The molecular formula is C40H60N2O2. The van der Waals surface area contributed by atoms with Gasteiger partial charge in [0.2, 0.25) is 0 Å². The molecule has 2 saturated carbocycles. The molecule has 2 heterocycles. The van der Waals surface area contributed by atoms with Gasteiger partial charge in [-0.05, 0) is 93.0 Å². The third-order valence-electron chi connectivity index (χ3n) is 9.61. The van der Waals surface area contributed by atoms with Crippen LogP contribution < -0.4 is 0 Å². The van der Waals surface area contributed by atoms with E-state index in [2.05, 4.69) is 60.3 Å². The molecule has 1 aliphatic heterocycles. The minimum Gasteiger partial charge on any atom is -0.481 e. The summed E-state index contributed by atoms with van der Waals surface area (Å²) in [6, 6.07) is 22.8. The average molecular weight is 601 g/mol. The molecule has 0 spiro atoms. The molecule has 1 aromatic heterocycles. The number of carbonyl (C=O) groups is 1. The molecule has 4 nitrogen and oxygen atoms in total. The summed E-state index contributed by atoms with van der Waals surface area (Å²) in [5.74, 6) is 3.20. The van der Waals surface area contributed by atoms with E-state index in [-0.39, 0.29) is 6.42 Å². The van der Waals surface area contributed by atoms with Gasteiger partial charge in [0.05, 0.1) is 5.52 Å². The number of aromatic nitrogens is 1. The lowest BCUT2D eigenvalue weighted by atomic mass is 9.90. The normalized spacial score (nSPS) is 20.8. The van der Waals surface area contributed by atoms with Crippen molar-refractivity contribution in [2.24, 2.45) is 23.7 Å². The molecule has 44 heavy (non-hydrogen) atoms. The number of hydrogen-bond acceptors (Lipinski definition) is 3. The molecule has 2 aromatic carbocycles. The fraction of sp³-hybridized carbons (Fsp3) is 0.600. The highest BCUT2D eigenvalue weighted by molar-refractivity contribution is 5.78. The second-order valence-corrected chi connectivity index (χ2v) is 13.6. The number of hydrogen-bond donors (Lipinski definition) is 1. The van der Waals surface area contributed by atoms with Crippen LogP contribution in [0.5, 0.6) is 0 Å². The lowest BCUT2D eigenvalue weighted by Crippen LogP contribution is -2.36. The number of piperidine rings is 1. The Hall–Kier alpha value is -2.72. The van der Waals surface area contributed by atoms with Crippen molar-refractivity contribution in [2.75, 3.05) is 19.6 Å². The number of likely N-dealkylation sites (tertiary alicyclic amines) is 1. The summed E-state index contributed by atoms with van der Waals surface area (Å²) in [4.78, 5) is 16.7. The fourth-order valence-corrected chi connectivity index (χ4v) is 6.85. The van der Waals surface area contributed by atoms with Gasteiger partial charge in [-0.25, -0.2) is 0 Å². The number of rotatable bonds is 7. The number of nitrogens with zero attached hydrogens (tertiary/aromatic N) is 2. The molecule has 2 atom stereocenters. The van der Waals surface area contributed by atoms with Gasteiger partial charge in [0.15, 0.2) is 0 Å². The first-order valence-electron chi connectivity index (χ1n) is 17.7. The summed E-state index contributed by atoms with van der Waals surface area (Å²) in [5.41, 5.74) is 2.51. The molecule has 3 aromatic rings. The van der Waals surface area contributed by atoms with Crippen molar-refractivity contribution >= 4 is 16.9 Å². The minimum atomic E-state index is -0.745. The Labute approximate surface area is 268 Å². The monoisotopic (exact) mass is 600 g/mol. The lowest BCUT2D eigenvalue weighted by Gasteiger charge is -2.33. The van der Waals surface area contributed by atoms with Crippen LogP contribution in [0.4, 0.5) is 0 Å². The smallest absolute Gasteiger partial charge is 0.303 e. The van der Waals surface area contributed by atoms with E-state index in [1.807, 2.05) is 36.4 Å². The Morgan fingerprint density at radius 2 is 1.45 bits per heavy atom.